The van der Waals surface area contributed by atoms with Crippen molar-refractivity contribution in [1.82, 2.24) is 5.32 Å². The highest BCUT2D eigenvalue weighted by atomic mass is 32.2. The number of nitrogens with one attached hydrogen (secondary N) is 1. The number of alkyl halides is 3. The number of hydrogen-bond acceptors (Lipinski definition) is 2. The zero-order chi connectivity index (χ0) is 14.5. The minimum absolute atomic E-state index is 0.159. The van der Waals surface area contributed by atoms with Gasteiger partial charge in [-0.25, -0.2) is 0 Å². The summed E-state index contributed by atoms with van der Waals surface area (Å²) >= 11 is 0. The number of amides is 1. The summed E-state index contributed by atoms with van der Waals surface area (Å²) in [5, 5.41) is 1.70. The van der Waals surface area contributed by atoms with Gasteiger partial charge in [0, 0.05) is 16.6 Å². The standard InChI is InChI=1S/C12H14F3NO2S/c1-9-4-2-3-5-10(9)6-19(18)7-11(17)16-8-12(13,14)15/h2-5H,6-8H2,1H3,(H,16,17). The van der Waals surface area contributed by atoms with Gasteiger partial charge < -0.3 is 5.32 Å². The first-order valence-corrected chi connectivity index (χ1v) is 6.99. The van der Waals surface area contributed by atoms with Crippen molar-refractivity contribution in [3.63, 3.8) is 0 Å². The third-order valence-electron chi connectivity index (χ3n) is 2.36. The number of hydrogen-bond donors (Lipinski definition) is 1. The van der Waals surface area contributed by atoms with E-state index < -0.39 is 35.2 Å². The van der Waals surface area contributed by atoms with Crippen molar-refractivity contribution in [2.24, 2.45) is 0 Å². The smallest absolute Gasteiger partial charge is 0.346 e. The fraction of sp³-hybridized carbons (Fsp3) is 0.417. The number of rotatable bonds is 5. The molecule has 0 bridgehead atoms. The molecule has 0 heterocycles. The summed E-state index contributed by atoms with van der Waals surface area (Å²) in [7, 11) is -1.52. The van der Waals surface area contributed by atoms with Gasteiger partial charge in [0.2, 0.25) is 5.91 Å². The molecule has 0 radical (unpaired) electrons. The van der Waals surface area contributed by atoms with Crippen LogP contribution in [0.15, 0.2) is 24.3 Å². The Morgan fingerprint density at radius 2 is 1.95 bits per heavy atom. The molecule has 1 atom stereocenters. The molecule has 0 saturated heterocycles. The van der Waals surface area contributed by atoms with E-state index in [0.717, 1.165) is 11.1 Å². The van der Waals surface area contributed by atoms with E-state index in [9.17, 15) is 22.2 Å². The maximum Gasteiger partial charge on any atom is 0.405 e. The minimum atomic E-state index is -4.45. The van der Waals surface area contributed by atoms with Crippen molar-refractivity contribution in [2.45, 2.75) is 18.9 Å². The molecule has 1 rings (SSSR count). The normalized spacial score (nSPS) is 13.1. The summed E-state index contributed by atoms with van der Waals surface area (Å²) in [5.41, 5.74) is 1.76. The van der Waals surface area contributed by atoms with E-state index in [2.05, 4.69) is 0 Å². The monoisotopic (exact) mass is 293 g/mol. The predicted octanol–water partition coefficient (Wildman–Crippen LogP) is 1.92. The Labute approximate surface area is 111 Å². The molecule has 0 aliphatic heterocycles. The fourth-order valence-electron chi connectivity index (χ4n) is 1.39. The molecule has 0 saturated carbocycles. The average molecular weight is 293 g/mol. The highest BCUT2D eigenvalue weighted by molar-refractivity contribution is 7.84. The van der Waals surface area contributed by atoms with Crippen molar-refractivity contribution in [3.8, 4) is 0 Å². The number of carbonyl (C=O) groups excluding carboxylic acids is 1. The molecule has 0 aliphatic carbocycles. The Balaban J connectivity index is 2.44. The van der Waals surface area contributed by atoms with Crippen molar-refractivity contribution >= 4 is 16.7 Å². The Morgan fingerprint density at radius 3 is 2.53 bits per heavy atom. The minimum Gasteiger partial charge on any atom is -0.346 e. The first-order valence-electron chi connectivity index (χ1n) is 5.51. The van der Waals surface area contributed by atoms with Crippen LogP contribution in [-0.4, -0.2) is 28.6 Å². The number of halogens is 3. The number of benzene rings is 1. The van der Waals surface area contributed by atoms with Crippen molar-refractivity contribution in [1.29, 1.82) is 0 Å². The largest absolute Gasteiger partial charge is 0.405 e. The van der Waals surface area contributed by atoms with E-state index in [1.54, 1.807) is 17.4 Å². The third-order valence-corrected chi connectivity index (χ3v) is 3.57. The molecule has 0 spiro atoms. The molecule has 0 fully saturated rings. The van der Waals surface area contributed by atoms with Gasteiger partial charge in [0.15, 0.2) is 0 Å². The van der Waals surface area contributed by atoms with E-state index in [-0.39, 0.29) is 5.75 Å². The quantitative estimate of drug-likeness (QED) is 0.901. The Hall–Kier alpha value is -1.37. The lowest BCUT2D eigenvalue weighted by Gasteiger charge is -2.09. The molecule has 1 aromatic rings. The van der Waals surface area contributed by atoms with Gasteiger partial charge >= 0.3 is 6.18 Å². The molecule has 7 heteroatoms. The summed E-state index contributed by atoms with van der Waals surface area (Å²) in [6.45, 7) is 0.448. The lowest BCUT2D eigenvalue weighted by Crippen LogP contribution is -2.36. The maximum atomic E-state index is 11.9. The van der Waals surface area contributed by atoms with Crippen LogP contribution in [0.2, 0.25) is 0 Å². The van der Waals surface area contributed by atoms with Crippen molar-refractivity contribution < 1.29 is 22.2 Å². The molecule has 0 aliphatic rings. The predicted molar refractivity (Wildman–Crippen MR) is 67.0 cm³/mol. The number of carbonyl (C=O) groups is 1. The average Bonchev–Trinajstić information content (AvgIpc) is 2.29. The molecule has 1 unspecified atom stereocenters. The summed E-state index contributed by atoms with van der Waals surface area (Å²) in [6.07, 6.45) is -4.45. The second-order valence-electron chi connectivity index (χ2n) is 4.05. The van der Waals surface area contributed by atoms with E-state index in [0.29, 0.717) is 0 Å². The molecular formula is C12H14F3NO2S. The van der Waals surface area contributed by atoms with Gasteiger partial charge in [0.25, 0.3) is 0 Å². The van der Waals surface area contributed by atoms with E-state index in [1.807, 2.05) is 19.1 Å². The van der Waals surface area contributed by atoms with Gasteiger partial charge in [0.05, 0.1) is 0 Å². The SMILES string of the molecule is Cc1ccccc1CS(=O)CC(=O)NCC(F)(F)F. The summed E-state index contributed by atoms with van der Waals surface area (Å²) in [5.74, 6) is -1.12. The van der Waals surface area contributed by atoms with E-state index in [1.165, 1.54) is 0 Å². The fourth-order valence-corrected chi connectivity index (χ4v) is 2.56. The van der Waals surface area contributed by atoms with Gasteiger partial charge in [0.1, 0.15) is 12.3 Å². The van der Waals surface area contributed by atoms with Crippen LogP contribution in [-0.2, 0) is 21.3 Å². The van der Waals surface area contributed by atoms with Crippen LogP contribution in [0.1, 0.15) is 11.1 Å². The highest BCUT2D eigenvalue weighted by Gasteiger charge is 2.27. The van der Waals surface area contributed by atoms with Crippen LogP contribution in [0.5, 0.6) is 0 Å². The van der Waals surface area contributed by atoms with Gasteiger partial charge in [-0.3, -0.25) is 9.00 Å². The highest BCUT2D eigenvalue weighted by Crippen LogP contribution is 2.12. The van der Waals surface area contributed by atoms with E-state index >= 15 is 0 Å². The number of aryl methyl sites for hydroxylation is 1. The molecular weight excluding hydrogens is 279 g/mol. The molecule has 1 N–H and O–H groups in total. The molecule has 19 heavy (non-hydrogen) atoms. The van der Waals surface area contributed by atoms with Gasteiger partial charge in [-0.15, -0.1) is 0 Å². The second-order valence-corrected chi connectivity index (χ2v) is 5.50. The molecule has 106 valence electrons. The summed E-state index contributed by atoms with van der Waals surface area (Å²) < 4.78 is 47.3. The van der Waals surface area contributed by atoms with Gasteiger partial charge in [-0.05, 0) is 18.1 Å². The van der Waals surface area contributed by atoms with Crippen molar-refractivity contribution in [2.75, 3.05) is 12.3 Å². The van der Waals surface area contributed by atoms with Gasteiger partial charge in [-0.2, -0.15) is 13.2 Å². The van der Waals surface area contributed by atoms with Gasteiger partial charge in [-0.1, -0.05) is 24.3 Å². The van der Waals surface area contributed by atoms with Crippen LogP contribution in [0, 0.1) is 6.92 Å². The molecule has 0 aromatic heterocycles. The Kier molecular flexibility index (Phi) is 5.53. The maximum absolute atomic E-state index is 11.9. The summed E-state index contributed by atoms with van der Waals surface area (Å²) in [4.78, 5) is 11.2. The van der Waals surface area contributed by atoms with Crippen LogP contribution < -0.4 is 5.32 Å². The lowest BCUT2D eigenvalue weighted by molar-refractivity contribution is -0.136. The van der Waals surface area contributed by atoms with Crippen LogP contribution in [0.4, 0.5) is 13.2 Å². The summed E-state index contributed by atoms with van der Waals surface area (Å²) in [6, 6.07) is 7.23. The first kappa shape index (κ1) is 15.7. The molecule has 1 amide bonds. The Bertz CT molecular complexity index is 474. The topological polar surface area (TPSA) is 46.2 Å². The van der Waals surface area contributed by atoms with Crippen LogP contribution >= 0.6 is 0 Å². The van der Waals surface area contributed by atoms with Crippen LogP contribution in [0.3, 0.4) is 0 Å². The Morgan fingerprint density at radius 1 is 1.32 bits per heavy atom. The zero-order valence-corrected chi connectivity index (χ0v) is 11.1. The van der Waals surface area contributed by atoms with Crippen LogP contribution in [0.25, 0.3) is 0 Å². The first-order chi connectivity index (χ1) is 8.78. The molecule has 1 aromatic carbocycles. The second kappa shape index (κ2) is 6.70. The molecule has 3 nitrogen and oxygen atoms in total. The third kappa shape index (κ3) is 6.37. The van der Waals surface area contributed by atoms with E-state index in [4.69, 9.17) is 0 Å². The zero-order valence-electron chi connectivity index (χ0n) is 10.3. The lowest BCUT2D eigenvalue weighted by atomic mass is 10.1. The van der Waals surface area contributed by atoms with Crippen molar-refractivity contribution in [3.05, 3.63) is 35.4 Å².